The molecule has 2 aromatic heterocycles. The van der Waals surface area contributed by atoms with E-state index in [1.54, 1.807) is 0 Å². The van der Waals surface area contributed by atoms with Crippen LogP contribution < -0.4 is 5.32 Å². The van der Waals surface area contributed by atoms with Gasteiger partial charge in [0.1, 0.15) is 5.00 Å². The van der Waals surface area contributed by atoms with Crippen molar-refractivity contribution in [2.45, 2.75) is 45.2 Å². The molecule has 0 saturated heterocycles. The Hall–Kier alpha value is -3.31. The lowest BCUT2D eigenvalue weighted by atomic mass is 9.95. The van der Waals surface area contributed by atoms with Crippen LogP contribution in [0.5, 0.6) is 0 Å². The van der Waals surface area contributed by atoms with E-state index in [0.29, 0.717) is 6.54 Å². The second kappa shape index (κ2) is 8.23. The molecular formula is C28H27N3OS. The van der Waals surface area contributed by atoms with E-state index >= 15 is 0 Å². The van der Waals surface area contributed by atoms with Crippen molar-refractivity contribution in [3.05, 3.63) is 106 Å². The van der Waals surface area contributed by atoms with Gasteiger partial charge < -0.3 is 14.8 Å². The van der Waals surface area contributed by atoms with E-state index in [9.17, 15) is 4.79 Å². The third-order valence-corrected chi connectivity index (χ3v) is 8.16. The number of nitrogens with zero attached hydrogens (tertiary/aromatic N) is 2. The van der Waals surface area contributed by atoms with Gasteiger partial charge in [0.05, 0.1) is 18.3 Å². The summed E-state index contributed by atoms with van der Waals surface area (Å²) in [5.41, 5.74) is 7.03. The molecule has 4 aromatic rings. The Kier molecular flexibility index (Phi) is 5.07. The summed E-state index contributed by atoms with van der Waals surface area (Å²) in [5, 5.41) is 4.47. The number of anilines is 1. The number of fused-ring (bicyclic) bond motifs is 5. The zero-order valence-corrected chi connectivity index (χ0v) is 19.6. The van der Waals surface area contributed by atoms with Gasteiger partial charge in [-0.15, -0.1) is 11.3 Å². The average Bonchev–Trinajstić information content (AvgIpc) is 3.41. The van der Waals surface area contributed by atoms with E-state index < -0.39 is 0 Å². The van der Waals surface area contributed by atoms with Crippen LogP contribution in [0.1, 0.15) is 51.7 Å². The fourth-order valence-corrected chi connectivity index (χ4v) is 6.69. The molecule has 0 spiro atoms. The molecule has 0 bridgehead atoms. The standard InChI is InChI=1S/C28H27N3OS/c1-19-9-7-12-21(17-19)29-28(32)31-18-23-22-13-5-6-15-25(22)33-27(23)30-16-8-14-24(30)26(31)20-10-3-2-4-11-20/h2-4,7-12,14,16-17,26H,5-6,13,15,18H2,1H3,(H,29,32)/t26-/m1/s1. The molecule has 2 amide bonds. The van der Waals surface area contributed by atoms with Crippen molar-refractivity contribution in [2.24, 2.45) is 0 Å². The average molecular weight is 454 g/mol. The first kappa shape index (κ1) is 20.3. The van der Waals surface area contributed by atoms with Crippen LogP contribution in [0.25, 0.3) is 5.00 Å². The summed E-state index contributed by atoms with van der Waals surface area (Å²) in [6, 6.07) is 22.5. The number of urea groups is 1. The van der Waals surface area contributed by atoms with Crippen molar-refractivity contribution in [1.29, 1.82) is 0 Å². The molecule has 0 radical (unpaired) electrons. The Labute approximate surface area is 198 Å². The molecule has 2 aromatic carbocycles. The van der Waals surface area contributed by atoms with Crippen LogP contribution in [0, 0.1) is 6.92 Å². The maximum atomic E-state index is 13.9. The number of thiophene rings is 1. The number of benzene rings is 2. The van der Waals surface area contributed by atoms with Gasteiger partial charge in [0.2, 0.25) is 0 Å². The predicted octanol–water partition coefficient (Wildman–Crippen LogP) is 6.86. The Bertz CT molecular complexity index is 1320. The van der Waals surface area contributed by atoms with Crippen molar-refractivity contribution < 1.29 is 4.79 Å². The number of rotatable bonds is 2. The van der Waals surface area contributed by atoms with Crippen molar-refractivity contribution in [1.82, 2.24) is 9.47 Å². The third-order valence-electron chi connectivity index (χ3n) is 6.82. The Morgan fingerprint density at radius 2 is 1.82 bits per heavy atom. The lowest BCUT2D eigenvalue weighted by Gasteiger charge is -2.31. The minimum atomic E-state index is -0.162. The van der Waals surface area contributed by atoms with Crippen molar-refractivity contribution in [3.8, 4) is 5.00 Å². The van der Waals surface area contributed by atoms with Gasteiger partial charge >= 0.3 is 6.03 Å². The number of hydrogen-bond acceptors (Lipinski definition) is 2. The van der Waals surface area contributed by atoms with E-state index in [2.05, 4.69) is 52.5 Å². The van der Waals surface area contributed by atoms with Gasteiger partial charge in [-0.05, 0) is 73.6 Å². The molecule has 1 aliphatic heterocycles. The molecule has 0 saturated carbocycles. The van der Waals surface area contributed by atoms with Gasteiger partial charge in [0.15, 0.2) is 0 Å². The van der Waals surface area contributed by atoms with Crippen LogP contribution in [0.2, 0.25) is 0 Å². The quantitative estimate of drug-likeness (QED) is 0.354. The van der Waals surface area contributed by atoms with E-state index in [-0.39, 0.29) is 12.1 Å². The molecule has 166 valence electrons. The van der Waals surface area contributed by atoms with Crippen LogP contribution >= 0.6 is 11.3 Å². The van der Waals surface area contributed by atoms with Crippen LogP contribution in [-0.2, 0) is 19.4 Å². The van der Waals surface area contributed by atoms with Crippen LogP contribution in [0.4, 0.5) is 10.5 Å². The first-order chi connectivity index (χ1) is 16.2. The topological polar surface area (TPSA) is 37.3 Å². The Morgan fingerprint density at radius 1 is 0.970 bits per heavy atom. The molecule has 1 aliphatic carbocycles. The maximum absolute atomic E-state index is 13.9. The summed E-state index contributed by atoms with van der Waals surface area (Å²) in [7, 11) is 0. The monoisotopic (exact) mass is 453 g/mol. The molecule has 0 fully saturated rings. The lowest BCUT2D eigenvalue weighted by molar-refractivity contribution is 0.194. The highest BCUT2D eigenvalue weighted by Crippen LogP contribution is 2.44. The number of carbonyl (C=O) groups is 1. The first-order valence-corrected chi connectivity index (χ1v) is 12.5. The van der Waals surface area contributed by atoms with Gasteiger partial charge in [0, 0.05) is 22.3 Å². The molecule has 0 unspecified atom stereocenters. The molecule has 1 atom stereocenters. The fourth-order valence-electron chi connectivity index (χ4n) is 5.29. The maximum Gasteiger partial charge on any atom is 0.322 e. The number of hydrogen-bond donors (Lipinski definition) is 1. The number of carbonyl (C=O) groups excluding carboxylic acids is 1. The Balaban J connectivity index is 1.50. The fraction of sp³-hybridized carbons (Fsp3) is 0.250. The highest BCUT2D eigenvalue weighted by atomic mass is 32.1. The lowest BCUT2D eigenvalue weighted by Crippen LogP contribution is -2.38. The highest BCUT2D eigenvalue weighted by Gasteiger charge is 2.36. The largest absolute Gasteiger partial charge is 0.322 e. The summed E-state index contributed by atoms with van der Waals surface area (Å²) in [6.45, 7) is 2.66. The first-order valence-electron chi connectivity index (χ1n) is 11.7. The zero-order chi connectivity index (χ0) is 22.4. The molecule has 1 N–H and O–H groups in total. The van der Waals surface area contributed by atoms with Gasteiger partial charge in [-0.3, -0.25) is 0 Å². The van der Waals surface area contributed by atoms with Crippen LogP contribution in [0.15, 0.2) is 72.9 Å². The summed E-state index contributed by atoms with van der Waals surface area (Å²) >= 11 is 1.92. The zero-order valence-electron chi connectivity index (χ0n) is 18.8. The third kappa shape index (κ3) is 3.57. The molecule has 4 nitrogen and oxygen atoms in total. The van der Waals surface area contributed by atoms with Gasteiger partial charge in [-0.2, -0.15) is 0 Å². The van der Waals surface area contributed by atoms with Gasteiger partial charge in [-0.1, -0.05) is 42.5 Å². The molecule has 3 heterocycles. The van der Waals surface area contributed by atoms with E-state index in [1.165, 1.54) is 33.8 Å². The van der Waals surface area contributed by atoms with Crippen molar-refractivity contribution in [2.75, 3.05) is 5.32 Å². The van der Waals surface area contributed by atoms with Crippen molar-refractivity contribution in [3.63, 3.8) is 0 Å². The SMILES string of the molecule is Cc1cccc(NC(=O)N2Cc3c(sc4c3CCCC4)-n3cccc3[C@H]2c2ccccc2)c1. The van der Waals surface area contributed by atoms with E-state index in [4.69, 9.17) is 0 Å². The molecule has 6 rings (SSSR count). The van der Waals surface area contributed by atoms with Gasteiger partial charge in [-0.25, -0.2) is 4.79 Å². The highest BCUT2D eigenvalue weighted by molar-refractivity contribution is 7.15. The number of aromatic nitrogens is 1. The van der Waals surface area contributed by atoms with Crippen LogP contribution in [-0.4, -0.2) is 15.5 Å². The summed E-state index contributed by atoms with van der Waals surface area (Å²) in [6.07, 6.45) is 6.91. The summed E-state index contributed by atoms with van der Waals surface area (Å²) in [4.78, 5) is 17.4. The molecule has 2 aliphatic rings. The smallest absolute Gasteiger partial charge is 0.310 e. The van der Waals surface area contributed by atoms with Gasteiger partial charge in [0.25, 0.3) is 0 Å². The molecular weight excluding hydrogens is 426 g/mol. The second-order valence-corrected chi connectivity index (χ2v) is 10.1. The molecule has 33 heavy (non-hydrogen) atoms. The van der Waals surface area contributed by atoms with Crippen LogP contribution in [0.3, 0.4) is 0 Å². The second-order valence-electron chi connectivity index (χ2n) is 9.04. The number of nitrogens with one attached hydrogen (secondary N) is 1. The summed E-state index contributed by atoms with van der Waals surface area (Å²) in [5.74, 6) is 0. The normalized spacial score (nSPS) is 17.0. The number of amides is 2. The van der Waals surface area contributed by atoms with E-state index in [0.717, 1.165) is 35.3 Å². The molecule has 5 heteroatoms. The minimum absolute atomic E-state index is 0.0641. The van der Waals surface area contributed by atoms with Crippen molar-refractivity contribution >= 4 is 23.1 Å². The number of aryl methyl sites for hydroxylation is 2. The minimum Gasteiger partial charge on any atom is -0.310 e. The van der Waals surface area contributed by atoms with E-state index in [1.807, 2.05) is 53.5 Å². The Morgan fingerprint density at radius 3 is 2.67 bits per heavy atom. The summed E-state index contributed by atoms with van der Waals surface area (Å²) < 4.78 is 2.33. The predicted molar refractivity (Wildman–Crippen MR) is 134 cm³/mol.